The first-order chi connectivity index (χ1) is 12.5. The normalized spacial score (nSPS) is 12.7. The van der Waals surface area contributed by atoms with Crippen LogP contribution in [0.2, 0.25) is 0 Å². The molecule has 0 aromatic heterocycles. The fourth-order valence-electron chi connectivity index (χ4n) is 2.59. The van der Waals surface area contributed by atoms with Crippen molar-refractivity contribution in [2.24, 2.45) is 0 Å². The molecule has 0 aliphatic heterocycles. The van der Waals surface area contributed by atoms with Gasteiger partial charge in [-0.3, -0.25) is 4.79 Å². The first-order valence-electron chi connectivity index (χ1n) is 8.05. The zero-order chi connectivity index (χ0) is 18.5. The van der Waals surface area contributed by atoms with Gasteiger partial charge in [0.2, 0.25) is 0 Å². The van der Waals surface area contributed by atoms with E-state index in [1.165, 1.54) is 54.6 Å². The number of carbonyl (C=O) groups excluding carboxylic acids is 1. The molecule has 1 atom stereocenters. The van der Waals surface area contributed by atoms with E-state index in [1.54, 1.807) is 30.3 Å². The van der Waals surface area contributed by atoms with Gasteiger partial charge in [-0.15, -0.1) is 0 Å². The Kier molecular flexibility index (Phi) is 5.34. The van der Waals surface area contributed by atoms with Gasteiger partial charge in [0.1, 0.15) is 17.7 Å². The first-order valence-corrected chi connectivity index (χ1v) is 8.05. The summed E-state index contributed by atoms with van der Waals surface area (Å²) in [6.45, 7) is 0. The average Bonchev–Trinajstić information content (AvgIpc) is 2.68. The third-order valence-electron chi connectivity index (χ3n) is 3.97. The summed E-state index contributed by atoms with van der Waals surface area (Å²) in [4.78, 5) is 12.9. The number of benzene rings is 3. The molecule has 3 rings (SSSR count). The fraction of sp³-hybridized carbons (Fsp3) is 0.0455. The van der Waals surface area contributed by atoms with Crippen LogP contribution in [0.5, 0.6) is 0 Å². The summed E-state index contributed by atoms with van der Waals surface area (Å²) in [7, 11) is 0. The standard InChI is InChI=1S/C22H16F2O2/c23-18-10-6-15(7-11-18)14-20(21(25)16-4-2-1-3-5-16)22(26)17-8-12-19(24)13-9-17/h1-14,21,25H/b20-14-. The van der Waals surface area contributed by atoms with E-state index in [1.807, 2.05) is 0 Å². The summed E-state index contributed by atoms with van der Waals surface area (Å²) in [6.07, 6.45) is 0.349. The van der Waals surface area contributed by atoms with E-state index in [9.17, 15) is 18.7 Å². The van der Waals surface area contributed by atoms with Crippen LogP contribution in [-0.4, -0.2) is 10.9 Å². The van der Waals surface area contributed by atoms with Crippen LogP contribution in [0.15, 0.2) is 84.4 Å². The smallest absolute Gasteiger partial charge is 0.191 e. The number of aliphatic hydroxyl groups excluding tert-OH is 1. The van der Waals surface area contributed by atoms with Gasteiger partial charge in [-0.2, -0.15) is 0 Å². The Hall–Kier alpha value is -3.11. The number of Topliss-reactive ketones (excluding diaryl/α,β-unsaturated/α-hetero) is 1. The van der Waals surface area contributed by atoms with Gasteiger partial charge >= 0.3 is 0 Å². The Morgan fingerprint density at radius 1 is 0.808 bits per heavy atom. The van der Waals surface area contributed by atoms with Crippen molar-refractivity contribution in [3.05, 3.63) is 113 Å². The van der Waals surface area contributed by atoms with Crippen molar-refractivity contribution in [2.75, 3.05) is 0 Å². The topological polar surface area (TPSA) is 37.3 Å². The minimum Gasteiger partial charge on any atom is -0.384 e. The van der Waals surface area contributed by atoms with E-state index in [2.05, 4.69) is 0 Å². The number of ketones is 1. The van der Waals surface area contributed by atoms with Crippen molar-refractivity contribution in [1.82, 2.24) is 0 Å². The Labute approximate surface area is 150 Å². The second-order valence-electron chi connectivity index (χ2n) is 5.80. The lowest BCUT2D eigenvalue weighted by molar-refractivity contribution is 0.0989. The van der Waals surface area contributed by atoms with Crippen LogP contribution >= 0.6 is 0 Å². The third-order valence-corrected chi connectivity index (χ3v) is 3.97. The highest BCUT2D eigenvalue weighted by Crippen LogP contribution is 2.27. The Morgan fingerprint density at radius 2 is 1.35 bits per heavy atom. The lowest BCUT2D eigenvalue weighted by atomic mass is 9.92. The maximum Gasteiger partial charge on any atom is 0.191 e. The molecule has 3 aromatic carbocycles. The Bertz CT molecular complexity index is 915. The van der Waals surface area contributed by atoms with Crippen LogP contribution in [0.1, 0.15) is 27.6 Å². The molecule has 0 amide bonds. The number of carbonyl (C=O) groups is 1. The van der Waals surface area contributed by atoms with E-state index >= 15 is 0 Å². The number of halogens is 2. The second-order valence-corrected chi connectivity index (χ2v) is 5.80. The molecule has 0 aliphatic rings. The van der Waals surface area contributed by atoms with Gasteiger partial charge in [0.05, 0.1) is 0 Å². The lowest BCUT2D eigenvalue weighted by Crippen LogP contribution is -2.12. The quantitative estimate of drug-likeness (QED) is 0.521. The maximum absolute atomic E-state index is 13.1. The Morgan fingerprint density at radius 3 is 1.92 bits per heavy atom. The third kappa shape index (κ3) is 4.10. The molecule has 0 radical (unpaired) electrons. The van der Waals surface area contributed by atoms with E-state index < -0.39 is 23.5 Å². The van der Waals surface area contributed by atoms with Gasteiger partial charge in [-0.05, 0) is 53.6 Å². The molecular formula is C22H16F2O2. The van der Waals surface area contributed by atoms with Crippen LogP contribution < -0.4 is 0 Å². The SMILES string of the molecule is O=C(/C(=C\c1ccc(F)cc1)C(O)c1ccccc1)c1ccc(F)cc1. The molecule has 2 nitrogen and oxygen atoms in total. The van der Waals surface area contributed by atoms with Gasteiger partial charge in [0.25, 0.3) is 0 Å². The van der Waals surface area contributed by atoms with Gasteiger partial charge in [0, 0.05) is 11.1 Å². The molecule has 26 heavy (non-hydrogen) atoms. The van der Waals surface area contributed by atoms with Gasteiger partial charge in [-0.25, -0.2) is 8.78 Å². The van der Waals surface area contributed by atoms with Crippen molar-refractivity contribution >= 4 is 11.9 Å². The first kappa shape index (κ1) is 17.7. The van der Waals surface area contributed by atoms with Crippen LogP contribution in [0.3, 0.4) is 0 Å². The molecule has 130 valence electrons. The summed E-state index contributed by atoms with van der Waals surface area (Å²) < 4.78 is 26.3. The number of rotatable bonds is 5. The highest BCUT2D eigenvalue weighted by atomic mass is 19.1. The maximum atomic E-state index is 13.1. The predicted octanol–water partition coefficient (Wildman–Crippen LogP) is 4.96. The minimum absolute atomic E-state index is 0.120. The summed E-state index contributed by atoms with van der Waals surface area (Å²) in [5.74, 6) is -1.27. The molecule has 0 fully saturated rings. The van der Waals surface area contributed by atoms with Crippen LogP contribution in [0, 0.1) is 11.6 Å². The fourth-order valence-corrected chi connectivity index (χ4v) is 2.59. The second kappa shape index (κ2) is 7.85. The van der Waals surface area contributed by atoms with Crippen molar-refractivity contribution < 1.29 is 18.7 Å². The zero-order valence-electron chi connectivity index (χ0n) is 13.8. The number of aliphatic hydroxyl groups is 1. The summed E-state index contributed by atoms with van der Waals surface area (Å²) >= 11 is 0. The molecule has 0 saturated carbocycles. The van der Waals surface area contributed by atoms with E-state index in [4.69, 9.17) is 0 Å². The lowest BCUT2D eigenvalue weighted by Gasteiger charge is -2.15. The van der Waals surface area contributed by atoms with Crippen molar-refractivity contribution in [1.29, 1.82) is 0 Å². The van der Waals surface area contributed by atoms with Crippen molar-refractivity contribution in [3.63, 3.8) is 0 Å². The van der Waals surface area contributed by atoms with E-state index in [0.29, 0.717) is 11.1 Å². The van der Waals surface area contributed by atoms with Gasteiger partial charge in [-0.1, -0.05) is 42.5 Å². The van der Waals surface area contributed by atoms with Crippen LogP contribution in [0.4, 0.5) is 8.78 Å². The average molecular weight is 350 g/mol. The molecule has 4 heteroatoms. The predicted molar refractivity (Wildman–Crippen MR) is 96.5 cm³/mol. The van der Waals surface area contributed by atoms with Crippen molar-refractivity contribution in [3.8, 4) is 0 Å². The molecule has 3 aromatic rings. The van der Waals surface area contributed by atoms with E-state index in [-0.39, 0.29) is 11.1 Å². The van der Waals surface area contributed by atoms with Gasteiger partial charge < -0.3 is 5.11 Å². The highest BCUT2D eigenvalue weighted by Gasteiger charge is 2.22. The molecule has 0 heterocycles. The van der Waals surface area contributed by atoms with Gasteiger partial charge in [0.15, 0.2) is 5.78 Å². The van der Waals surface area contributed by atoms with E-state index in [0.717, 1.165) is 0 Å². The molecular weight excluding hydrogens is 334 g/mol. The summed E-state index contributed by atoms with van der Waals surface area (Å²) in [6, 6.07) is 19.5. The Balaban J connectivity index is 2.04. The molecule has 1 unspecified atom stereocenters. The zero-order valence-corrected chi connectivity index (χ0v) is 13.8. The molecule has 0 spiro atoms. The largest absolute Gasteiger partial charge is 0.384 e. The molecule has 0 saturated heterocycles. The minimum atomic E-state index is -1.17. The highest BCUT2D eigenvalue weighted by molar-refractivity contribution is 6.12. The number of hydrogen-bond donors (Lipinski definition) is 1. The van der Waals surface area contributed by atoms with Crippen molar-refractivity contribution in [2.45, 2.75) is 6.10 Å². The molecule has 0 aliphatic carbocycles. The summed E-state index contributed by atoms with van der Waals surface area (Å²) in [5.41, 5.74) is 1.51. The monoisotopic (exact) mass is 350 g/mol. The number of hydrogen-bond acceptors (Lipinski definition) is 2. The van der Waals surface area contributed by atoms with Crippen LogP contribution in [0.25, 0.3) is 6.08 Å². The summed E-state index contributed by atoms with van der Waals surface area (Å²) in [5, 5.41) is 10.7. The van der Waals surface area contributed by atoms with Crippen LogP contribution in [-0.2, 0) is 0 Å². The molecule has 0 bridgehead atoms. The molecule has 1 N–H and O–H groups in total.